The van der Waals surface area contributed by atoms with Gasteiger partial charge in [-0.2, -0.15) is 0 Å². The van der Waals surface area contributed by atoms with Crippen molar-refractivity contribution in [1.82, 2.24) is 14.7 Å². The van der Waals surface area contributed by atoms with Gasteiger partial charge < -0.3 is 165 Å². The fourth-order valence-electron chi connectivity index (χ4n) is 10.7. The fourth-order valence-corrected chi connectivity index (χ4v) is 10.9. The number of aliphatic hydroxyl groups excluding tert-OH is 7. The molecule has 0 amide bonds. The van der Waals surface area contributed by atoms with E-state index in [1.165, 1.54) is 6.42 Å². The zero-order valence-corrected chi connectivity index (χ0v) is 65.9. The molecule has 0 saturated carbocycles. The third kappa shape index (κ3) is 78.4. The van der Waals surface area contributed by atoms with E-state index in [9.17, 15) is 30.6 Å². The molecule has 28 heteroatoms. The minimum absolute atomic E-state index is 0. The topological polar surface area (TPSA) is 203 Å². The minimum Gasteiger partial charge on any atom is -1.00 e. The molecule has 11 N–H and O–H groups in total. The van der Waals surface area contributed by atoms with Gasteiger partial charge in [0.25, 0.3) is 0 Å². The first-order chi connectivity index (χ1) is 36.5. The third-order valence-electron chi connectivity index (χ3n) is 13.5. The van der Waals surface area contributed by atoms with Crippen LogP contribution in [0, 0.1) is 0 Å². The van der Waals surface area contributed by atoms with Crippen molar-refractivity contribution >= 4 is 23.2 Å². The van der Waals surface area contributed by atoms with Crippen LogP contribution in [0.4, 0.5) is 0 Å². The highest BCUT2D eigenvalue weighted by Crippen LogP contribution is 2.11. The average molecular weight is 1450 g/mol. The van der Waals surface area contributed by atoms with Crippen LogP contribution in [0.5, 0.6) is 0 Å². The van der Waals surface area contributed by atoms with Gasteiger partial charge in [-0.25, -0.2) is 0 Å². The van der Waals surface area contributed by atoms with Crippen LogP contribution < -0.4 is 98.3 Å². The van der Waals surface area contributed by atoms with Gasteiger partial charge in [-0.3, -0.25) is 14.7 Å². The molecule has 7 atom stereocenters. The summed E-state index contributed by atoms with van der Waals surface area (Å²) in [5.41, 5.74) is 10.5. The maximum atomic E-state index is 11.5. The molecule has 544 valence electrons. The summed E-state index contributed by atoms with van der Waals surface area (Å²) in [7, 11) is 35.8. The standard InChI is InChI=1S/C40H95N8O5.C8H19ClNO.C6H15ClNO.C5H14N2.7ClH/c1-16-23-46(10,11)33-38(51)26-41(19-21-42(27-36(49)31-44(4,5)6)29-39(52)34-47(12,13)24-17-2)20-22-43(28-37(50)32-45(7,8)9)30-40(53)35-48(14,15)25-18-3;1-4-5-10(2,3)7-8(11)6-9;1-8(2,3)5-6(9)4-7;6-4-2-1-3-5-7;;;;;;;/h36-40,49-53H,16-35H2,1-15H3;8,11H,4-7H2,1-3H3;6,9H,4-5H2,1-3H3;1-7H2;7*1H/q+5;2*+1;;;;;;;;/p-7. The van der Waals surface area contributed by atoms with Gasteiger partial charge in [0.05, 0.1) is 158 Å². The SMILES string of the molecule is CCC[N+](C)(C)CC(O)CCl.CCC[N+](C)(C)CC(O)CN(CCN(CC(O)C[N+](C)(C)C)CC(O)C[N+](C)(C)CCC)CCN(CC(O)C[N+](C)(C)C)CC(O)C[N+](C)(C)CCC.C[N+](C)(C)CC(O)CCl.NCCCCCN.[Cl-].[Cl-].[Cl-].[Cl-].[Cl-].[Cl-].[Cl-]. The van der Waals surface area contributed by atoms with Crippen LogP contribution in [0.1, 0.15) is 72.6 Å². The van der Waals surface area contributed by atoms with Crippen LogP contribution in [0.25, 0.3) is 0 Å². The lowest BCUT2D eigenvalue weighted by Gasteiger charge is -2.37. The zero-order valence-electron chi connectivity index (χ0n) is 59.1. The number of nitrogens with two attached hydrogens (primary N) is 2. The van der Waals surface area contributed by atoms with Crippen LogP contribution in [0.2, 0.25) is 0 Å². The number of quaternary nitrogens is 7. The number of hydrogen-bond donors (Lipinski definition) is 9. The number of nitrogens with zero attached hydrogens (tertiary/aromatic N) is 10. The van der Waals surface area contributed by atoms with Gasteiger partial charge in [-0.15, -0.1) is 23.2 Å². The molecule has 0 aromatic carbocycles. The van der Waals surface area contributed by atoms with Gasteiger partial charge in [0.1, 0.15) is 88.5 Å². The Kier molecular flexibility index (Phi) is 78.4. The van der Waals surface area contributed by atoms with Crippen molar-refractivity contribution in [2.75, 3.05) is 276 Å². The predicted molar refractivity (Wildman–Crippen MR) is 342 cm³/mol. The summed E-state index contributed by atoms with van der Waals surface area (Å²) in [6.45, 7) is 23.9. The van der Waals surface area contributed by atoms with E-state index in [0.29, 0.717) is 119 Å². The second-order valence-electron chi connectivity index (χ2n) is 29.1. The van der Waals surface area contributed by atoms with Gasteiger partial charge in [0, 0.05) is 58.9 Å². The first-order valence-electron chi connectivity index (χ1n) is 30.6. The van der Waals surface area contributed by atoms with Crippen molar-refractivity contribution in [3.63, 3.8) is 0 Å². The van der Waals surface area contributed by atoms with E-state index < -0.39 is 30.5 Å². The van der Waals surface area contributed by atoms with E-state index in [0.717, 1.165) is 107 Å². The van der Waals surface area contributed by atoms with Crippen LogP contribution >= 0.6 is 23.2 Å². The number of unbranched alkanes of at least 4 members (excludes halogenated alkanes) is 2. The molecule has 0 aliphatic rings. The summed E-state index contributed by atoms with van der Waals surface area (Å²) < 4.78 is 5.14. The first kappa shape index (κ1) is 113. The second kappa shape index (κ2) is 60.3. The van der Waals surface area contributed by atoms with E-state index >= 15 is 0 Å². The van der Waals surface area contributed by atoms with Crippen molar-refractivity contribution in [3.05, 3.63) is 0 Å². The van der Waals surface area contributed by atoms with Gasteiger partial charge in [0.2, 0.25) is 0 Å². The number of alkyl halides is 2. The smallest absolute Gasteiger partial charge is 0.116 e. The quantitative estimate of drug-likeness (QED) is 0.0159. The highest BCUT2D eigenvalue weighted by Gasteiger charge is 2.29. The van der Waals surface area contributed by atoms with Crippen molar-refractivity contribution in [2.45, 2.75) is 115 Å². The molecule has 0 heterocycles. The van der Waals surface area contributed by atoms with Gasteiger partial charge >= 0.3 is 0 Å². The Hall–Kier alpha value is 1.85. The lowest BCUT2D eigenvalue weighted by atomic mass is 10.2. The molecular weight excluding hydrogens is 1310 g/mol. The zero-order chi connectivity index (χ0) is 63.2. The van der Waals surface area contributed by atoms with Crippen LogP contribution in [0.3, 0.4) is 0 Å². The highest BCUT2D eigenvalue weighted by atomic mass is 35.5. The van der Waals surface area contributed by atoms with E-state index in [1.807, 2.05) is 21.1 Å². The Balaban J connectivity index is -0.000000155. The number of likely N-dealkylation sites (N-methyl/N-ethyl adjacent to an activating group) is 7. The van der Waals surface area contributed by atoms with Gasteiger partial charge in [-0.05, 0) is 51.6 Å². The van der Waals surface area contributed by atoms with Crippen molar-refractivity contribution < 1.29 is 154 Å². The van der Waals surface area contributed by atoms with Crippen molar-refractivity contribution in [3.8, 4) is 0 Å². The summed E-state index contributed by atoms with van der Waals surface area (Å²) in [6, 6.07) is 0. The summed E-state index contributed by atoms with van der Waals surface area (Å²) >= 11 is 10.9. The monoisotopic (exact) mass is 1450 g/mol. The molecule has 0 fully saturated rings. The summed E-state index contributed by atoms with van der Waals surface area (Å²) in [6.07, 6.45) is 4.31. The molecule has 0 bridgehead atoms. The number of hydrogen-bond acceptors (Lipinski definition) is 12. The van der Waals surface area contributed by atoms with E-state index in [-0.39, 0.29) is 99.1 Å². The average Bonchev–Trinajstić information content (AvgIpc) is 3.25. The molecule has 0 spiro atoms. The molecule has 7 unspecified atom stereocenters. The minimum atomic E-state index is -0.540. The Morgan fingerprint density at radius 1 is 0.299 bits per heavy atom. The molecule has 0 aromatic heterocycles. The number of rotatable bonds is 44. The van der Waals surface area contributed by atoms with Gasteiger partial charge in [-0.1, -0.05) is 34.1 Å². The molecule has 0 rings (SSSR count). The summed E-state index contributed by atoms with van der Waals surface area (Å²) in [5, 5.41) is 74.7. The van der Waals surface area contributed by atoms with Gasteiger partial charge in [0.15, 0.2) is 0 Å². The lowest BCUT2D eigenvalue weighted by Crippen LogP contribution is -3.00. The van der Waals surface area contributed by atoms with E-state index in [4.69, 9.17) is 39.8 Å². The lowest BCUT2D eigenvalue weighted by molar-refractivity contribution is -0.893. The van der Waals surface area contributed by atoms with Crippen LogP contribution in [0.15, 0.2) is 0 Å². The second-order valence-corrected chi connectivity index (χ2v) is 29.7. The van der Waals surface area contributed by atoms with E-state index in [2.05, 4.69) is 141 Å². The molecule has 0 aromatic rings. The Bertz CT molecular complexity index is 1390. The van der Waals surface area contributed by atoms with Crippen molar-refractivity contribution in [1.29, 1.82) is 0 Å². The van der Waals surface area contributed by atoms with Crippen molar-refractivity contribution in [2.24, 2.45) is 11.5 Å². The summed E-state index contributed by atoms with van der Waals surface area (Å²) in [4.78, 5) is 6.71. The number of aliphatic hydroxyl groups is 7. The molecule has 0 saturated heterocycles. The molecule has 87 heavy (non-hydrogen) atoms. The maximum Gasteiger partial charge on any atom is 0.116 e. The molecular formula is C59H143Cl9N12O7. The fraction of sp³-hybridized carbons (Fsp3) is 1.00. The number of halogens is 9. The van der Waals surface area contributed by atoms with Crippen LogP contribution in [-0.4, -0.2) is 400 Å². The summed E-state index contributed by atoms with van der Waals surface area (Å²) in [5.74, 6) is 0.668. The van der Waals surface area contributed by atoms with Crippen LogP contribution in [-0.2, 0) is 0 Å². The Labute approximate surface area is 590 Å². The molecule has 19 nitrogen and oxygen atoms in total. The predicted octanol–water partition coefficient (Wildman–Crippen LogP) is -20.0. The molecule has 0 aliphatic carbocycles. The van der Waals surface area contributed by atoms with E-state index in [1.54, 1.807) is 0 Å². The normalized spacial score (nSPS) is 14.5. The molecule has 0 aliphatic heterocycles. The maximum absolute atomic E-state index is 11.5. The Morgan fingerprint density at radius 2 is 0.483 bits per heavy atom. The Morgan fingerprint density at radius 3 is 0.678 bits per heavy atom. The first-order valence-corrected chi connectivity index (χ1v) is 31.7. The highest BCUT2D eigenvalue weighted by molar-refractivity contribution is 6.18. The third-order valence-corrected chi connectivity index (χ3v) is 14.2. The largest absolute Gasteiger partial charge is 1.00 e. The molecule has 0 radical (unpaired) electrons.